The van der Waals surface area contributed by atoms with Crippen molar-refractivity contribution in [1.29, 1.82) is 0 Å². The monoisotopic (exact) mass is 1450 g/mol. The van der Waals surface area contributed by atoms with Crippen LogP contribution >= 0.6 is 0 Å². The molecule has 4 aromatic heterocycles. The number of carbonyl (C=O) groups excluding carboxylic acids is 1. The summed E-state index contributed by atoms with van der Waals surface area (Å²) in [5, 5.41) is 30.0. The maximum atomic E-state index is 14.7. The molecule has 17 heteroatoms. The summed E-state index contributed by atoms with van der Waals surface area (Å²) in [7, 11) is 0. The smallest absolute Gasteiger partial charge is 0.313 e. The van der Waals surface area contributed by atoms with Crippen molar-refractivity contribution in [2.24, 2.45) is 89.7 Å². The van der Waals surface area contributed by atoms with Crippen LogP contribution in [0.4, 0.5) is 21.8 Å². The van der Waals surface area contributed by atoms with Gasteiger partial charge in [0, 0.05) is 71.9 Å². The van der Waals surface area contributed by atoms with Crippen molar-refractivity contribution >= 4 is 40.5 Å². The molecule has 1 aromatic carbocycles. The van der Waals surface area contributed by atoms with Crippen LogP contribution in [-0.2, 0) is 54.1 Å². The molecular weight excluding hydrogens is 1320 g/mol. The van der Waals surface area contributed by atoms with Gasteiger partial charge < -0.3 is 41.0 Å². The number of pyridine rings is 2. The number of carboxylic acids is 1. The highest BCUT2D eigenvalue weighted by Crippen LogP contribution is 2.80. The molecule has 0 bridgehead atoms. The predicted molar refractivity (Wildman–Crippen MR) is 422 cm³/mol. The number of aromatic amines is 2. The Kier molecular flexibility index (Phi) is 20.0. The van der Waals surface area contributed by atoms with E-state index in [1.807, 2.05) is 36.4 Å². The normalized spacial score (nSPS) is 36.7. The third-order valence-corrected chi connectivity index (χ3v) is 32.3. The number of aliphatic carboxylic acids is 1. The number of morpholine rings is 2. The lowest BCUT2D eigenvalue weighted by Crippen LogP contribution is -2.65. The van der Waals surface area contributed by atoms with E-state index in [1.54, 1.807) is 6.20 Å². The Morgan fingerprint density at radius 3 is 1.49 bits per heavy atom. The van der Waals surface area contributed by atoms with Crippen LogP contribution in [0.15, 0.2) is 78.1 Å². The number of hydrogen-bond donors (Lipinski definition) is 6. The molecule has 106 heavy (non-hydrogen) atoms. The van der Waals surface area contributed by atoms with Gasteiger partial charge in [0.2, 0.25) is 5.95 Å². The largest absolute Gasteiger partial charge is 0.481 e. The van der Waals surface area contributed by atoms with Crippen LogP contribution in [0.5, 0.6) is 0 Å². The average molecular weight is 1450 g/mol. The topological polar surface area (TPSA) is 233 Å². The number of H-pyrrole nitrogens is 2. The number of nitrogen functional groups attached to an aromatic ring is 2. The minimum atomic E-state index is -0.700. The number of nitrogens with two attached hydrogens (primary N) is 2. The van der Waals surface area contributed by atoms with E-state index in [2.05, 4.69) is 151 Å². The summed E-state index contributed by atoms with van der Waals surface area (Å²) in [6, 6.07) is 18.0. The molecule has 2 unspecified atom stereocenters. The number of ether oxygens (including phenoxy) is 3. The molecule has 6 saturated carbocycles. The number of nitrogens with one attached hydrogen (secondary N) is 3. The van der Waals surface area contributed by atoms with Gasteiger partial charge >= 0.3 is 11.9 Å². The minimum Gasteiger partial charge on any atom is -0.481 e. The van der Waals surface area contributed by atoms with E-state index in [0.717, 1.165) is 185 Å². The molecule has 0 spiro atoms. The highest BCUT2D eigenvalue weighted by molar-refractivity contribution is 5.83. The van der Waals surface area contributed by atoms with Crippen molar-refractivity contribution in [3.63, 3.8) is 0 Å². The minimum absolute atomic E-state index is 0. The molecule has 5 aromatic rings. The summed E-state index contributed by atoms with van der Waals surface area (Å²) in [6.07, 6.45) is 20.9. The molecule has 12 aliphatic rings. The third kappa shape index (κ3) is 11.9. The zero-order valence-corrected chi connectivity index (χ0v) is 65.2. The van der Waals surface area contributed by atoms with Gasteiger partial charge in [0.05, 0.1) is 37.3 Å². The molecule has 10 aliphatic carbocycles. The second-order valence-electron chi connectivity index (χ2n) is 39.0. The standard InChI is InChI=1S/C43H55FN4O2.C40H57N5O3.C4H9NO.2CH4/c1-38(2)17-19-43(37(49)50-25-26-11-9-8-10-12-26)20-18-42(7)34(30(43)23-38)28(27-13-14-33(44)46-24-27)21-32-40(5)22-29-35(47-48-36(29)45)39(3,4)31(40)15-16-41(32,42)6;1-35(2)12-14-40(34(46)47)15-13-39(7)31(27(40)22-35)25(24-8-9-30(42-23-24)45-16-18-48-19-17-45)20-29-37(5)21-26-32(43-44-33(26)41)36(3,4)28(37)10-11-38(29,39)6;1-3-6-4-2-5-1;;/h8-14,24,30-32H,15-23,25H2,1-7H3,(H3,45,47,48);8-9,23,27-29H,10-22H2,1-7H3,(H,46,47)(H3,41,43,44);5H,1-4H2;2*1H4/t30-,31-,32?,40-,41+,42+,43-;27-,28-,29?,37-,38+,39+,40-;;;/m00.../s1. The molecule has 8 N–H and O–H groups in total. The molecule has 2 saturated heterocycles. The van der Waals surface area contributed by atoms with Crippen LogP contribution in [-0.4, -0.2) is 100 Å². The number of carbonyl (C=O) groups is 2. The fourth-order valence-electron chi connectivity index (χ4n) is 26.4. The van der Waals surface area contributed by atoms with E-state index in [1.165, 1.54) is 56.4 Å². The SMILES string of the molecule is C.C.C1COCCN1.CC1(C)CC[C@]2(C(=O)O)CC[C@]3(C)C(=C(c4ccc(N5CCOCC5)nc4)CC4[C@@]5(C)Cc6c(N)n[nH]c6C(C)(C)[C@@H]5CC[C@]43C)[C@@H]2C1.CC1(C)CC[C@]2(C(=O)OCc3ccccc3)CC[C@]3(C)C(=C(c4ccc(F)nc4)CC4[C@@]5(C)Cc6c(N)n[nH]c6C(C)(C)[C@@H]5CC[C@]43C)[C@@H]2C1. The van der Waals surface area contributed by atoms with E-state index < -0.39 is 22.7 Å². The quantitative estimate of drug-likeness (QED) is 0.0657. The van der Waals surface area contributed by atoms with Crippen LogP contribution in [0.2, 0.25) is 0 Å². The Morgan fingerprint density at radius 2 is 1.04 bits per heavy atom. The van der Waals surface area contributed by atoms with Gasteiger partial charge in [-0.05, 0) is 247 Å². The van der Waals surface area contributed by atoms with E-state index >= 15 is 0 Å². The first-order chi connectivity index (χ1) is 49.1. The van der Waals surface area contributed by atoms with Crippen molar-refractivity contribution in [3.05, 3.63) is 123 Å². The molecule has 14 atom stereocenters. The molecule has 2 aliphatic heterocycles. The fraction of sp³-hybridized carbons (Fsp3) is 0.685. The van der Waals surface area contributed by atoms with Crippen LogP contribution in [0.1, 0.15) is 254 Å². The number of carboxylic acid groups (broad SMARTS) is 1. The Labute approximate surface area is 633 Å². The van der Waals surface area contributed by atoms with E-state index in [-0.39, 0.29) is 93.4 Å². The summed E-state index contributed by atoms with van der Waals surface area (Å²) >= 11 is 0. The first-order valence-electron chi connectivity index (χ1n) is 39.9. The predicted octanol–water partition coefficient (Wildman–Crippen LogP) is 18.1. The van der Waals surface area contributed by atoms with Gasteiger partial charge in [-0.2, -0.15) is 14.6 Å². The highest BCUT2D eigenvalue weighted by Gasteiger charge is 2.73. The summed E-state index contributed by atoms with van der Waals surface area (Å²) in [4.78, 5) is 39.8. The maximum Gasteiger partial charge on any atom is 0.313 e. The van der Waals surface area contributed by atoms with Crippen molar-refractivity contribution in [2.45, 2.75) is 245 Å². The molecule has 0 radical (unpaired) electrons. The van der Waals surface area contributed by atoms with Gasteiger partial charge in [0.1, 0.15) is 24.1 Å². The number of rotatable bonds is 7. The van der Waals surface area contributed by atoms with Crippen molar-refractivity contribution in [3.8, 4) is 0 Å². The lowest BCUT2D eigenvalue weighted by atomic mass is 9.33. The number of fused-ring (bicyclic) bond motifs is 16. The van der Waals surface area contributed by atoms with Gasteiger partial charge in [-0.1, -0.05) is 153 Å². The van der Waals surface area contributed by atoms with E-state index in [0.29, 0.717) is 35.3 Å². The molecule has 17 rings (SSSR count). The zero-order valence-electron chi connectivity index (χ0n) is 65.2. The first kappa shape index (κ1) is 77.7. The van der Waals surface area contributed by atoms with Crippen molar-refractivity contribution < 1.29 is 33.3 Å². The van der Waals surface area contributed by atoms with Crippen LogP contribution in [0, 0.1) is 95.6 Å². The number of esters is 1. The second-order valence-corrected chi connectivity index (χ2v) is 39.0. The lowest BCUT2D eigenvalue weighted by molar-refractivity contribution is -0.181. The van der Waals surface area contributed by atoms with Crippen molar-refractivity contribution in [1.82, 2.24) is 35.7 Å². The second kappa shape index (κ2) is 27.2. The number of allylic oxidation sites excluding steroid dienone is 4. The zero-order chi connectivity index (χ0) is 73.8. The number of halogens is 1. The molecule has 578 valence electrons. The number of benzene rings is 1. The highest BCUT2D eigenvalue weighted by atomic mass is 19.1. The number of nitrogens with zero attached hydrogens (tertiary/aromatic N) is 5. The Bertz CT molecular complexity index is 4160. The third-order valence-electron chi connectivity index (χ3n) is 32.3. The number of aromatic nitrogens is 6. The molecule has 16 nitrogen and oxygen atoms in total. The number of hydrogen-bond acceptors (Lipinski definition) is 13. The molecule has 8 fully saturated rings. The summed E-state index contributed by atoms with van der Waals surface area (Å²) in [6.45, 7) is 41.7. The number of anilines is 3. The van der Waals surface area contributed by atoms with Crippen LogP contribution in [0.3, 0.4) is 0 Å². The van der Waals surface area contributed by atoms with Gasteiger partial charge in [-0.3, -0.25) is 19.8 Å². The summed E-state index contributed by atoms with van der Waals surface area (Å²) in [5.74, 6) is 2.92. The Balaban J connectivity index is 0.000000171. The van der Waals surface area contributed by atoms with Gasteiger partial charge in [-0.15, -0.1) is 0 Å². The Morgan fingerprint density at radius 1 is 0.575 bits per heavy atom. The molecular formula is C89H129FN10O6. The first-order valence-corrected chi connectivity index (χ1v) is 39.9. The van der Waals surface area contributed by atoms with Crippen LogP contribution in [0.25, 0.3) is 11.1 Å². The Hall–Kier alpha value is -6.43. The van der Waals surface area contributed by atoms with Gasteiger partial charge in [-0.25, -0.2) is 9.97 Å². The van der Waals surface area contributed by atoms with E-state index in [4.69, 9.17) is 30.7 Å². The molecule has 0 amide bonds. The van der Waals surface area contributed by atoms with E-state index in [9.17, 15) is 19.1 Å². The van der Waals surface area contributed by atoms with Crippen LogP contribution < -0.4 is 21.7 Å². The maximum absolute atomic E-state index is 14.7. The lowest BCUT2D eigenvalue weighted by Gasteiger charge is -2.71. The molecule has 6 heterocycles. The summed E-state index contributed by atoms with van der Waals surface area (Å²) in [5.41, 5.74) is 25.2. The van der Waals surface area contributed by atoms with Crippen molar-refractivity contribution in [2.75, 3.05) is 69.0 Å². The van der Waals surface area contributed by atoms with Gasteiger partial charge in [0.25, 0.3) is 0 Å². The van der Waals surface area contributed by atoms with Gasteiger partial charge in [0.15, 0.2) is 0 Å². The fourth-order valence-corrected chi connectivity index (χ4v) is 26.4. The average Bonchev–Trinajstić information content (AvgIpc) is 0.757. The summed E-state index contributed by atoms with van der Waals surface area (Å²) < 4.78 is 31.4.